The lowest BCUT2D eigenvalue weighted by Crippen LogP contribution is -2.66. The van der Waals surface area contributed by atoms with Gasteiger partial charge in [-0.2, -0.15) is 0 Å². The Labute approximate surface area is 109 Å². The standard InChI is InChI=1S/C14H24N2O2/c1-4-11(8-10-6-7-10)16-9-12(17)15-14(3,5-2)13(16)18/h10-11H,4-9H2,1-3H3,(H,15,17). The number of carbonyl (C=O) groups excluding carboxylic acids is 2. The molecule has 0 aromatic heterocycles. The molecule has 2 rings (SSSR count). The molecule has 1 aliphatic carbocycles. The average Bonchev–Trinajstić information content (AvgIpc) is 3.15. The molecule has 1 aliphatic heterocycles. The van der Waals surface area contributed by atoms with Gasteiger partial charge in [0.2, 0.25) is 11.8 Å². The molecule has 0 aromatic carbocycles. The van der Waals surface area contributed by atoms with Crippen LogP contribution in [0.25, 0.3) is 0 Å². The molecule has 1 heterocycles. The minimum absolute atomic E-state index is 0.0202. The summed E-state index contributed by atoms with van der Waals surface area (Å²) in [5.41, 5.74) is -0.702. The van der Waals surface area contributed by atoms with Crippen LogP contribution in [-0.4, -0.2) is 34.8 Å². The number of rotatable bonds is 5. The van der Waals surface area contributed by atoms with Crippen molar-refractivity contribution >= 4 is 11.8 Å². The number of hydrogen-bond acceptors (Lipinski definition) is 2. The Balaban J connectivity index is 2.13. The minimum atomic E-state index is -0.702. The first-order chi connectivity index (χ1) is 8.50. The normalized spacial score (nSPS) is 30.3. The summed E-state index contributed by atoms with van der Waals surface area (Å²) in [6, 6.07) is 0.238. The van der Waals surface area contributed by atoms with Crippen LogP contribution in [0.15, 0.2) is 0 Å². The smallest absolute Gasteiger partial charge is 0.248 e. The quantitative estimate of drug-likeness (QED) is 0.809. The van der Waals surface area contributed by atoms with E-state index in [0.717, 1.165) is 18.8 Å². The van der Waals surface area contributed by atoms with Crippen LogP contribution in [0, 0.1) is 5.92 Å². The summed E-state index contributed by atoms with van der Waals surface area (Å²) in [5, 5.41) is 2.84. The third-order valence-electron chi connectivity index (χ3n) is 4.38. The van der Waals surface area contributed by atoms with Crippen molar-refractivity contribution in [3.63, 3.8) is 0 Å². The molecule has 4 nitrogen and oxygen atoms in total. The third kappa shape index (κ3) is 2.52. The minimum Gasteiger partial charge on any atom is -0.340 e. The van der Waals surface area contributed by atoms with E-state index in [-0.39, 0.29) is 24.4 Å². The van der Waals surface area contributed by atoms with Gasteiger partial charge >= 0.3 is 0 Å². The van der Waals surface area contributed by atoms with Crippen LogP contribution in [0.2, 0.25) is 0 Å². The molecular formula is C14H24N2O2. The predicted molar refractivity (Wildman–Crippen MR) is 70.0 cm³/mol. The Morgan fingerprint density at radius 1 is 1.39 bits per heavy atom. The Hall–Kier alpha value is -1.06. The van der Waals surface area contributed by atoms with Crippen molar-refractivity contribution in [2.24, 2.45) is 5.92 Å². The first-order valence-electron chi connectivity index (χ1n) is 7.12. The molecule has 0 aromatic rings. The molecule has 1 saturated heterocycles. The van der Waals surface area contributed by atoms with E-state index in [1.165, 1.54) is 12.8 Å². The van der Waals surface area contributed by atoms with Gasteiger partial charge in [-0.25, -0.2) is 0 Å². The fourth-order valence-electron chi connectivity index (χ4n) is 2.73. The van der Waals surface area contributed by atoms with E-state index in [9.17, 15) is 9.59 Å². The second-order valence-corrected chi connectivity index (χ2v) is 5.91. The van der Waals surface area contributed by atoms with Crippen molar-refractivity contribution in [2.75, 3.05) is 6.54 Å². The molecule has 2 unspecified atom stereocenters. The van der Waals surface area contributed by atoms with E-state index in [4.69, 9.17) is 0 Å². The summed E-state index contributed by atoms with van der Waals surface area (Å²) in [5.74, 6) is 0.853. The molecule has 2 atom stereocenters. The Bertz CT molecular complexity index is 352. The van der Waals surface area contributed by atoms with Gasteiger partial charge in [-0.3, -0.25) is 9.59 Å². The summed E-state index contributed by atoms with van der Waals surface area (Å²) >= 11 is 0. The molecule has 2 aliphatic rings. The number of hydrogen-bond donors (Lipinski definition) is 1. The number of nitrogens with one attached hydrogen (secondary N) is 1. The maximum absolute atomic E-state index is 12.5. The fraction of sp³-hybridized carbons (Fsp3) is 0.857. The van der Waals surface area contributed by atoms with Crippen molar-refractivity contribution in [1.29, 1.82) is 0 Å². The van der Waals surface area contributed by atoms with Crippen molar-refractivity contribution in [3.8, 4) is 0 Å². The monoisotopic (exact) mass is 252 g/mol. The van der Waals surface area contributed by atoms with Crippen LogP contribution in [0.3, 0.4) is 0 Å². The number of nitrogens with zero attached hydrogens (tertiary/aromatic N) is 1. The predicted octanol–water partition coefficient (Wildman–Crippen LogP) is 1.69. The van der Waals surface area contributed by atoms with Crippen molar-refractivity contribution in [1.82, 2.24) is 10.2 Å². The number of carbonyl (C=O) groups is 2. The first-order valence-corrected chi connectivity index (χ1v) is 7.12. The van der Waals surface area contributed by atoms with Gasteiger partial charge in [0, 0.05) is 6.04 Å². The maximum Gasteiger partial charge on any atom is 0.248 e. The zero-order valence-corrected chi connectivity index (χ0v) is 11.7. The fourth-order valence-corrected chi connectivity index (χ4v) is 2.73. The molecule has 2 fully saturated rings. The number of amides is 2. The van der Waals surface area contributed by atoms with Crippen LogP contribution in [-0.2, 0) is 9.59 Å². The van der Waals surface area contributed by atoms with Gasteiger partial charge in [0.25, 0.3) is 0 Å². The van der Waals surface area contributed by atoms with Gasteiger partial charge in [0.15, 0.2) is 0 Å². The van der Waals surface area contributed by atoms with Crippen LogP contribution in [0.5, 0.6) is 0 Å². The average molecular weight is 252 g/mol. The molecule has 18 heavy (non-hydrogen) atoms. The highest BCUT2D eigenvalue weighted by molar-refractivity contribution is 5.97. The van der Waals surface area contributed by atoms with E-state index in [2.05, 4.69) is 12.2 Å². The molecule has 102 valence electrons. The van der Waals surface area contributed by atoms with E-state index in [0.29, 0.717) is 6.42 Å². The van der Waals surface area contributed by atoms with Gasteiger partial charge in [-0.15, -0.1) is 0 Å². The lowest BCUT2D eigenvalue weighted by atomic mass is 9.92. The van der Waals surface area contributed by atoms with E-state index >= 15 is 0 Å². The molecule has 1 saturated carbocycles. The molecule has 2 amide bonds. The molecule has 0 radical (unpaired) electrons. The van der Waals surface area contributed by atoms with Crippen molar-refractivity contribution in [2.45, 2.75) is 64.5 Å². The molecular weight excluding hydrogens is 228 g/mol. The second-order valence-electron chi connectivity index (χ2n) is 5.91. The largest absolute Gasteiger partial charge is 0.340 e. The summed E-state index contributed by atoms with van der Waals surface area (Å²) in [6.45, 7) is 6.13. The summed E-state index contributed by atoms with van der Waals surface area (Å²) < 4.78 is 0. The molecule has 0 spiro atoms. The zero-order chi connectivity index (χ0) is 13.3. The van der Waals surface area contributed by atoms with Crippen LogP contribution < -0.4 is 5.32 Å². The third-order valence-corrected chi connectivity index (χ3v) is 4.38. The van der Waals surface area contributed by atoms with E-state index in [1.807, 2.05) is 18.7 Å². The van der Waals surface area contributed by atoms with Gasteiger partial charge in [-0.05, 0) is 32.1 Å². The van der Waals surface area contributed by atoms with E-state index in [1.54, 1.807) is 0 Å². The van der Waals surface area contributed by atoms with Crippen LogP contribution in [0.1, 0.15) is 52.9 Å². The zero-order valence-electron chi connectivity index (χ0n) is 11.7. The summed E-state index contributed by atoms with van der Waals surface area (Å²) in [7, 11) is 0. The highest BCUT2D eigenvalue weighted by Gasteiger charge is 2.44. The Kier molecular flexibility index (Phi) is 3.64. The van der Waals surface area contributed by atoms with Crippen LogP contribution >= 0.6 is 0 Å². The highest BCUT2D eigenvalue weighted by Crippen LogP contribution is 2.36. The van der Waals surface area contributed by atoms with Gasteiger partial charge < -0.3 is 10.2 Å². The highest BCUT2D eigenvalue weighted by atomic mass is 16.2. The molecule has 4 heteroatoms. The summed E-state index contributed by atoms with van der Waals surface area (Å²) in [4.78, 5) is 26.2. The topological polar surface area (TPSA) is 49.4 Å². The SMILES string of the molecule is CCC(CC1CC1)N1CC(=O)NC(C)(CC)C1=O. The van der Waals surface area contributed by atoms with Gasteiger partial charge in [0.05, 0.1) is 6.54 Å². The Morgan fingerprint density at radius 2 is 2.06 bits per heavy atom. The summed E-state index contributed by atoms with van der Waals surface area (Å²) in [6.07, 6.45) is 5.23. The number of piperazine rings is 1. The first kappa shape index (κ1) is 13.4. The second kappa shape index (κ2) is 4.90. The Morgan fingerprint density at radius 3 is 2.56 bits per heavy atom. The van der Waals surface area contributed by atoms with Crippen molar-refractivity contribution < 1.29 is 9.59 Å². The molecule has 1 N–H and O–H groups in total. The van der Waals surface area contributed by atoms with Crippen molar-refractivity contribution in [3.05, 3.63) is 0 Å². The van der Waals surface area contributed by atoms with Crippen LogP contribution in [0.4, 0.5) is 0 Å². The van der Waals surface area contributed by atoms with Gasteiger partial charge in [-0.1, -0.05) is 26.7 Å². The van der Waals surface area contributed by atoms with E-state index < -0.39 is 5.54 Å². The van der Waals surface area contributed by atoms with Gasteiger partial charge in [0.1, 0.15) is 5.54 Å². The lowest BCUT2D eigenvalue weighted by molar-refractivity contribution is -0.152. The molecule has 0 bridgehead atoms. The lowest BCUT2D eigenvalue weighted by Gasteiger charge is -2.43. The maximum atomic E-state index is 12.5.